The summed E-state index contributed by atoms with van der Waals surface area (Å²) in [7, 11) is 0. The molecule has 1 atom stereocenters. The lowest BCUT2D eigenvalue weighted by atomic mass is 9.93. The Kier molecular flexibility index (Phi) is 7.99. The monoisotopic (exact) mass is 535 g/mol. The Labute approximate surface area is 228 Å². The first kappa shape index (κ1) is 25.5. The summed E-state index contributed by atoms with van der Waals surface area (Å²) in [5.41, 5.74) is 4.16. The van der Waals surface area contributed by atoms with E-state index in [1.165, 1.54) is 31.2 Å². The molecule has 8 bridgehead atoms. The van der Waals surface area contributed by atoms with Gasteiger partial charge in [-0.25, -0.2) is 9.97 Å². The van der Waals surface area contributed by atoms with Gasteiger partial charge in [0, 0.05) is 67.2 Å². The molecule has 0 amide bonds. The number of aromatic nitrogens is 4. The minimum absolute atomic E-state index is 0.145. The van der Waals surface area contributed by atoms with Crippen molar-refractivity contribution in [3.05, 3.63) is 36.5 Å². The predicted octanol–water partition coefficient (Wildman–Crippen LogP) is 4.58. The number of aliphatic hydroxyl groups excluding tert-OH is 1. The fourth-order valence-electron chi connectivity index (χ4n) is 5.87. The molecule has 2 saturated heterocycles. The first-order valence-corrected chi connectivity index (χ1v) is 14.9. The lowest BCUT2D eigenvalue weighted by Gasteiger charge is -2.35. The van der Waals surface area contributed by atoms with E-state index in [9.17, 15) is 0 Å². The molecule has 202 valence electrons. The van der Waals surface area contributed by atoms with Gasteiger partial charge in [-0.3, -0.25) is 5.10 Å². The average Bonchev–Trinajstić information content (AvgIpc) is 3.46. The van der Waals surface area contributed by atoms with Gasteiger partial charge in [0.2, 0.25) is 0 Å². The average molecular weight is 536 g/mol. The van der Waals surface area contributed by atoms with Crippen LogP contribution in [0.3, 0.4) is 0 Å². The van der Waals surface area contributed by atoms with Crippen molar-refractivity contribution < 1.29 is 9.84 Å². The molecule has 4 aliphatic rings. The molecule has 6 heterocycles. The van der Waals surface area contributed by atoms with Gasteiger partial charge in [0.25, 0.3) is 0 Å². The van der Waals surface area contributed by atoms with E-state index in [1.807, 2.05) is 12.3 Å². The second kappa shape index (κ2) is 11.9. The Morgan fingerprint density at radius 1 is 1.05 bits per heavy atom. The smallest absolute Gasteiger partial charge is 0.181 e. The van der Waals surface area contributed by atoms with E-state index in [-0.39, 0.29) is 6.61 Å². The highest BCUT2D eigenvalue weighted by Gasteiger charge is 2.25. The van der Waals surface area contributed by atoms with Gasteiger partial charge in [0.1, 0.15) is 5.82 Å². The number of H-pyrrole nitrogens is 1. The van der Waals surface area contributed by atoms with Gasteiger partial charge < -0.3 is 24.4 Å². The van der Waals surface area contributed by atoms with Crippen LogP contribution in [0.15, 0.2) is 36.5 Å². The van der Waals surface area contributed by atoms with Crippen molar-refractivity contribution in [1.29, 1.82) is 0 Å². The molecule has 9 nitrogen and oxygen atoms in total. The molecule has 3 aromatic rings. The second-order valence-electron chi connectivity index (χ2n) is 10.5. The number of piperidine rings is 2. The fraction of sp³-hybridized carbons (Fsp3) is 0.536. The van der Waals surface area contributed by atoms with Crippen LogP contribution < -0.4 is 14.5 Å². The molecule has 1 aromatic carbocycles. The van der Waals surface area contributed by atoms with E-state index < -0.39 is 0 Å². The number of anilines is 3. The number of aliphatic hydroxyl groups is 1. The van der Waals surface area contributed by atoms with Crippen LogP contribution in [0.2, 0.25) is 0 Å². The van der Waals surface area contributed by atoms with Gasteiger partial charge in [-0.15, -0.1) is 0 Å². The number of aromatic amines is 1. The third-order valence-electron chi connectivity index (χ3n) is 7.86. The van der Waals surface area contributed by atoms with Crippen LogP contribution in [0.1, 0.15) is 38.5 Å². The summed E-state index contributed by atoms with van der Waals surface area (Å²) >= 11 is 1.51. The van der Waals surface area contributed by atoms with Crippen molar-refractivity contribution in [2.24, 2.45) is 5.92 Å². The van der Waals surface area contributed by atoms with Gasteiger partial charge in [-0.2, -0.15) is 5.10 Å². The van der Waals surface area contributed by atoms with Crippen molar-refractivity contribution >= 4 is 29.1 Å². The molecule has 3 N–H and O–H groups in total. The first-order valence-electron chi connectivity index (χ1n) is 13.9. The minimum Gasteiger partial charge on any atom is -0.395 e. The molecule has 0 spiro atoms. The normalized spacial score (nSPS) is 21.8. The van der Waals surface area contributed by atoms with Crippen LogP contribution in [0.4, 0.5) is 17.2 Å². The summed E-state index contributed by atoms with van der Waals surface area (Å²) in [6.45, 7) is 4.97. The van der Waals surface area contributed by atoms with Gasteiger partial charge in [0.05, 0.1) is 12.7 Å². The first-order chi connectivity index (χ1) is 18.8. The van der Waals surface area contributed by atoms with Crippen molar-refractivity contribution in [1.82, 2.24) is 20.2 Å². The molecular weight excluding hydrogens is 498 g/mol. The van der Waals surface area contributed by atoms with E-state index in [1.54, 1.807) is 0 Å². The molecule has 38 heavy (non-hydrogen) atoms. The van der Waals surface area contributed by atoms with Gasteiger partial charge >= 0.3 is 0 Å². The number of nitrogens with one attached hydrogen (secondary N) is 2. The highest BCUT2D eigenvalue weighted by atomic mass is 32.2. The van der Waals surface area contributed by atoms with Crippen molar-refractivity contribution in [3.63, 3.8) is 0 Å². The van der Waals surface area contributed by atoms with E-state index in [4.69, 9.17) is 19.8 Å². The third kappa shape index (κ3) is 5.77. The second-order valence-corrected chi connectivity index (χ2v) is 11.4. The highest BCUT2D eigenvalue weighted by Crippen LogP contribution is 2.36. The Morgan fingerprint density at radius 3 is 2.84 bits per heavy atom. The number of nitrogens with zero attached hydrogens (tertiary/aromatic N) is 5. The zero-order valence-electron chi connectivity index (χ0n) is 21.8. The Hall–Kier alpha value is -2.82. The Morgan fingerprint density at radius 2 is 1.95 bits per heavy atom. The van der Waals surface area contributed by atoms with Crippen LogP contribution in [-0.4, -0.2) is 76.5 Å². The lowest BCUT2D eigenvalue weighted by Crippen LogP contribution is -2.37. The van der Waals surface area contributed by atoms with E-state index in [2.05, 4.69) is 49.0 Å². The summed E-state index contributed by atoms with van der Waals surface area (Å²) in [5.74, 6) is 3.78. The Bertz CT molecular complexity index is 1210. The molecule has 7 rings (SSSR count). The molecule has 2 aromatic heterocycles. The van der Waals surface area contributed by atoms with Crippen LogP contribution in [0.5, 0.6) is 0 Å². The maximum absolute atomic E-state index is 9.17. The Balaban J connectivity index is 1.34. The summed E-state index contributed by atoms with van der Waals surface area (Å²) in [4.78, 5) is 14.5. The number of ether oxygens (including phenoxy) is 1. The van der Waals surface area contributed by atoms with Crippen LogP contribution in [0.25, 0.3) is 22.8 Å². The van der Waals surface area contributed by atoms with Crippen molar-refractivity contribution in [3.8, 4) is 22.8 Å². The lowest BCUT2D eigenvalue weighted by molar-refractivity contribution is 0.0330. The van der Waals surface area contributed by atoms with Gasteiger partial charge in [0.15, 0.2) is 11.6 Å². The number of hydrogen-bond donors (Lipinski definition) is 3. The number of benzene rings is 1. The maximum Gasteiger partial charge on any atom is 0.181 e. The van der Waals surface area contributed by atoms with Crippen LogP contribution in [-0.2, 0) is 4.74 Å². The number of pyridine rings is 1. The topological polar surface area (TPSA) is 102 Å². The quantitative estimate of drug-likeness (QED) is 0.327. The molecule has 1 unspecified atom stereocenters. The largest absolute Gasteiger partial charge is 0.395 e. The summed E-state index contributed by atoms with van der Waals surface area (Å²) in [6.07, 6.45) is 9.05. The predicted molar refractivity (Wildman–Crippen MR) is 154 cm³/mol. The molecule has 4 aliphatic heterocycles. The summed E-state index contributed by atoms with van der Waals surface area (Å²) in [6, 6.07) is 10.5. The van der Waals surface area contributed by atoms with Gasteiger partial charge in [-0.05, 0) is 74.8 Å². The number of hydrogen-bond acceptors (Lipinski definition) is 9. The molecule has 0 radical (unpaired) electrons. The SMILES string of the molecule is OCCSNc1ccc2c(c1)N1CCC(CC1)OCCCC1CCCN(C1)c1cc(ccn1)-c1n[nH]c-2n1. The molecule has 2 fully saturated rings. The van der Waals surface area contributed by atoms with E-state index in [0.717, 1.165) is 86.2 Å². The number of fused-ring (bicyclic) bond motifs is 5. The van der Waals surface area contributed by atoms with E-state index >= 15 is 0 Å². The third-order valence-corrected chi connectivity index (χ3v) is 8.63. The fourth-order valence-corrected chi connectivity index (χ4v) is 6.36. The van der Waals surface area contributed by atoms with E-state index in [0.29, 0.717) is 23.6 Å². The zero-order valence-corrected chi connectivity index (χ0v) is 22.6. The molecule has 0 saturated carbocycles. The number of rotatable bonds is 4. The summed E-state index contributed by atoms with van der Waals surface area (Å²) in [5, 5.41) is 17.0. The molecule has 10 heteroatoms. The standard InChI is InChI=1S/C28H37N7O2S/c36-14-16-38-33-22-5-6-24-25(18-22)34-12-8-23(9-13-34)37-15-2-4-20-3-1-11-35(19-20)26-17-21(7-10-29-26)27-30-28(24)32-31-27/h5-7,10,17-18,20,23,33,36H,1-4,8-9,11-16,19H2,(H,30,31,32). The molecule has 0 aliphatic carbocycles. The van der Waals surface area contributed by atoms with Crippen molar-refractivity contribution in [2.75, 3.05) is 59.7 Å². The van der Waals surface area contributed by atoms with Crippen molar-refractivity contribution in [2.45, 2.75) is 44.6 Å². The molecular formula is C28H37N7O2S. The maximum atomic E-state index is 9.17. The van der Waals surface area contributed by atoms with Crippen LogP contribution >= 0.6 is 11.9 Å². The van der Waals surface area contributed by atoms with Gasteiger partial charge in [-0.1, -0.05) is 11.9 Å². The highest BCUT2D eigenvalue weighted by molar-refractivity contribution is 8.00. The minimum atomic E-state index is 0.145. The summed E-state index contributed by atoms with van der Waals surface area (Å²) < 4.78 is 9.71. The zero-order chi connectivity index (χ0) is 25.7. The van der Waals surface area contributed by atoms with Crippen LogP contribution in [0, 0.1) is 5.92 Å².